The molecule has 1 aromatic carbocycles. The van der Waals surface area contributed by atoms with E-state index in [2.05, 4.69) is 41.1 Å². The minimum absolute atomic E-state index is 0.677. The van der Waals surface area contributed by atoms with Gasteiger partial charge in [0.15, 0.2) is 0 Å². The lowest BCUT2D eigenvalue weighted by atomic mass is 10.2. The summed E-state index contributed by atoms with van der Waals surface area (Å²) in [5.41, 5.74) is 4.02. The molecule has 4 rings (SSSR count). The van der Waals surface area contributed by atoms with Crippen molar-refractivity contribution < 1.29 is 0 Å². The van der Waals surface area contributed by atoms with Crippen LogP contribution in [0.3, 0.4) is 0 Å². The number of nitrogens with zero attached hydrogens (tertiary/aromatic N) is 6. The molecule has 7 heteroatoms. The van der Waals surface area contributed by atoms with Crippen LogP contribution in [0.1, 0.15) is 17.1 Å². The Balaban J connectivity index is 1.59. The first-order chi connectivity index (χ1) is 13.8. The van der Waals surface area contributed by atoms with Crippen LogP contribution in [0.25, 0.3) is 5.69 Å². The molecule has 0 saturated carbocycles. The second-order valence-electron chi connectivity index (χ2n) is 6.40. The van der Waals surface area contributed by atoms with Crippen LogP contribution in [0, 0.1) is 0 Å². The smallest absolute Gasteiger partial charge is 0.0786 e. The van der Waals surface area contributed by atoms with E-state index in [-0.39, 0.29) is 0 Å². The zero-order valence-electron chi connectivity index (χ0n) is 15.2. The molecule has 4 aromatic rings. The van der Waals surface area contributed by atoms with Gasteiger partial charge in [0, 0.05) is 36.5 Å². The first-order valence-corrected chi connectivity index (χ1v) is 9.75. The summed E-state index contributed by atoms with van der Waals surface area (Å²) < 4.78 is 2.90. The van der Waals surface area contributed by atoms with Crippen molar-refractivity contribution in [1.29, 1.82) is 0 Å². The molecule has 0 unspecified atom stereocenters. The van der Waals surface area contributed by atoms with Gasteiger partial charge < -0.3 is 0 Å². The fourth-order valence-electron chi connectivity index (χ4n) is 3.00. The maximum Gasteiger partial charge on any atom is 0.0786 e. The van der Waals surface area contributed by atoms with Gasteiger partial charge in [-0.3, -0.25) is 14.9 Å². The molecule has 0 aliphatic carbocycles. The Bertz CT molecular complexity index is 961. The highest BCUT2D eigenvalue weighted by Crippen LogP contribution is 2.17. The van der Waals surface area contributed by atoms with Gasteiger partial charge >= 0.3 is 0 Å². The van der Waals surface area contributed by atoms with Crippen LogP contribution in [0.2, 0.25) is 0 Å². The average Bonchev–Trinajstić information content (AvgIpc) is 3.18. The van der Waals surface area contributed by atoms with Gasteiger partial charge in [-0.05, 0) is 48.5 Å². The summed E-state index contributed by atoms with van der Waals surface area (Å²) in [5.74, 6) is 0. The summed E-state index contributed by atoms with van der Waals surface area (Å²) in [5, 5.41) is 8.41. The molecule has 0 spiro atoms. The zero-order chi connectivity index (χ0) is 19.2. The van der Waals surface area contributed by atoms with Crippen LogP contribution < -0.4 is 0 Å². The third kappa shape index (κ3) is 4.68. The van der Waals surface area contributed by atoms with Crippen molar-refractivity contribution in [3.63, 3.8) is 0 Å². The number of rotatable bonds is 7. The van der Waals surface area contributed by atoms with Crippen LogP contribution >= 0.6 is 15.9 Å². The summed E-state index contributed by atoms with van der Waals surface area (Å²) in [7, 11) is 0. The molecule has 0 bridgehead atoms. The Hall–Kier alpha value is -2.90. The van der Waals surface area contributed by atoms with Gasteiger partial charge in [-0.1, -0.05) is 33.3 Å². The number of aromatic nitrogens is 5. The van der Waals surface area contributed by atoms with Crippen molar-refractivity contribution in [3.05, 3.63) is 101 Å². The molecule has 0 amide bonds. The molecule has 0 aliphatic heterocycles. The van der Waals surface area contributed by atoms with Crippen molar-refractivity contribution in [3.8, 4) is 5.69 Å². The third-order valence-corrected chi connectivity index (χ3v) is 4.83. The van der Waals surface area contributed by atoms with E-state index in [0.717, 1.165) is 27.2 Å². The van der Waals surface area contributed by atoms with Crippen LogP contribution in [-0.2, 0) is 19.6 Å². The van der Waals surface area contributed by atoms with Gasteiger partial charge in [0.2, 0.25) is 0 Å². The zero-order valence-corrected chi connectivity index (χ0v) is 16.8. The molecule has 28 heavy (non-hydrogen) atoms. The molecule has 0 atom stereocenters. The van der Waals surface area contributed by atoms with Crippen LogP contribution in [-0.4, -0.2) is 29.9 Å². The number of hydrogen-bond acceptors (Lipinski definition) is 5. The van der Waals surface area contributed by atoms with E-state index in [1.54, 1.807) is 0 Å². The summed E-state index contributed by atoms with van der Waals surface area (Å²) in [6, 6.07) is 20.0. The molecule has 6 nitrogen and oxygen atoms in total. The minimum Gasteiger partial charge on any atom is -0.286 e. The molecule has 0 N–H and O–H groups in total. The summed E-state index contributed by atoms with van der Waals surface area (Å²) in [4.78, 5) is 11.2. The van der Waals surface area contributed by atoms with Gasteiger partial charge in [0.05, 0.1) is 29.0 Å². The minimum atomic E-state index is 0.677. The number of benzene rings is 1. The highest BCUT2D eigenvalue weighted by Gasteiger charge is 2.14. The van der Waals surface area contributed by atoms with Gasteiger partial charge in [-0.25, -0.2) is 4.68 Å². The lowest BCUT2D eigenvalue weighted by Gasteiger charge is -2.21. The molecule has 0 radical (unpaired) electrons. The lowest BCUT2D eigenvalue weighted by molar-refractivity contribution is 0.236. The summed E-state index contributed by atoms with van der Waals surface area (Å²) in [6.45, 7) is 2.10. The van der Waals surface area contributed by atoms with Crippen molar-refractivity contribution >= 4 is 15.9 Å². The largest absolute Gasteiger partial charge is 0.286 e. The second kappa shape index (κ2) is 8.86. The monoisotopic (exact) mass is 434 g/mol. The van der Waals surface area contributed by atoms with E-state index in [4.69, 9.17) is 0 Å². The highest BCUT2D eigenvalue weighted by molar-refractivity contribution is 9.10. The molecule has 0 fully saturated rings. The van der Waals surface area contributed by atoms with Gasteiger partial charge in [0.25, 0.3) is 0 Å². The molecule has 140 valence electrons. The van der Waals surface area contributed by atoms with Crippen LogP contribution in [0.4, 0.5) is 0 Å². The van der Waals surface area contributed by atoms with Crippen LogP contribution in [0.15, 0.2) is 83.7 Å². The number of halogens is 1. The fourth-order valence-corrected chi connectivity index (χ4v) is 3.27. The average molecular weight is 435 g/mol. The topological polar surface area (TPSA) is 59.7 Å². The second-order valence-corrected chi connectivity index (χ2v) is 7.32. The molecular weight excluding hydrogens is 416 g/mol. The van der Waals surface area contributed by atoms with Gasteiger partial charge in [-0.15, -0.1) is 5.10 Å². The van der Waals surface area contributed by atoms with E-state index in [1.807, 2.05) is 83.9 Å². The predicted molar refractivity (Wildman–Crippen MR) is 110 cm³/mol. The quantitative estimate of drug-likeness (QED) is 0.439. The van der Waals surface area contributed by atoms with E-state index in [0.29, 0.717) is 19.6 Å². The van der Waals surface area contributed by atoms with Gasteiger partial charge in [0.1, 0.15) is 0 Å². The summed E-state index contributed by atoms with van der Waals surface area (Å²) in [6.07, 6.45) is 5.45. The maximum atomic E-state index is 4.47. The molecule has 0 aliphatic rings. The van der Waals surface area contributed by atoms with Crippen molar-refractivity contribution in [2.24, 2.45) is 0 Å². The maximum absolute atomic E-state index is 4.47. The van der Waals surface area contributed by atoms with Crippen molar-refractivity contribution in [2.75, 3.05) is 0 Å². The standard InChI is InChI=1S/C21H19BrN6/c22-17-7-9-20(10-8-17)28-21(13-25-26-28)16-27(14-18-5-1-3-11-23-18)15-19-6-2-4-12-24-19/h1-13H,14-16H2. The van der Waals surface area contributed by atoms with E-state index >= 15 is 0 Å². The summed E-state index contributed by atoms with van der Waals surface area (Å²) >= 11 is 3.47. The Kier molecular flexibility index (Phi) is 5.84. The van der Waals surface area contributed by atoms with Gasteiger partial charge in [-0.2, -0.15) is 0 Å². The predicted octanol–water partition coefficient (Wildman–Crippen LogP) is 4.02. The first kappa shape index (κ1) is 18.5. The van der Waals surface area contributed by atoms with E-state index < -0.39 is 0 Å². The Morgan fingerprint density at radius 2 is 1.43 bits per heavy atom. The normalized spacial score (nSPS) is 11.1. The van der Waals surface area contributed by atoms with E-state index in [9.17, 15) is 0 Å². The molecule has 3 heterocycles. The fraction of sp³-hybridized carbons (Fsp3) is 0.143. The van der Waals surface area contributed by atoms with Crippen LogP contribution in [0.5, 0.6) is 0 Å². The Morgan fingerprint density at radius 3 is 2.00 bits per heavy atom. The lowest BCUT2D eigenvalue weighted by Crippen LogP contribution is -2.24. The Labute approximate surface area is 172 Å². The number of hydrogen-bond donors (Lipinski definition) is 0. The Morgan fingerprint density at radius 1 is 0.786 bits per heavy atom. The first-order valence-electron chi connectivity index (χ1n) is 8.95. The van der Waals surface area contributed by atoms with Crippen molar-refractivity contribution in [2.45, 2.75) is 19.6 Å². The highest BCUT2D eigenvalue weighted by atomic mass is 79.9. The van der Waals surface area contributed by atoms with Crippen molar-refractivity contribution in [1.82, 2.24) is 29.9 Å². The third-order valence-electron chi connectivity index (χ3n) is 4.30. The van der Waals surface area contributed by atoms with E-state index in [1.165, 1.54) is 0 Å². The molecular formula is C21H19BrN6. The molecule has 3 aromatic heterocycles. The number of pyridine rings is 2. The SMILES string of the molecule is Brc1ccc(-n2nncc2CN(Cc2ccccn2)Cc2ccccn2)cc1. The molecule has 0 saturated heterocycles.